The minimum atomic E-state index is -1.99. The molecule has 0 spiro atoms. The van der Waals surface area contributed by atoms with Gasteiger partial charge in [0.1, 0.15) is 12.3 Å². The number of hydrogen-bond acceptors (Lipinski definition) is 10. The van der Waals surface area contributed by atoms with Crippen LogP contribution in [0.15, 0.2) is 40.5 Å². The fourth-order valence-corrected chi connectivity index (χ4v) is 4.55. The molecule has 2 aliphatic heterocycles. The van der Waals surface area contributed by atoms with Crippen molar-refractivity contribution in [1.29, 1.82) is 0 Å². The molecule has 1 unspecified atom stereocenters. The van der Waals surface area contributed by atoms with E-state index in [0.29, 0.717) is 5.56 Å². The largest absolute Gasteiger partial charge is 0.477 e. The Balaban J connectivity index is 1.94. The Labute approximate surface area is 185 Å². The molecule has 13 heteroatoms. The molecule has 1 saturated heterocycles. The highest BCUT2D eigenvalue weighted by atomic mass is 32.2. The summed E-state index contributed by atoms with van der Waals surface area (Å²) in [6.07, 6.45) is 1.22. The molecule has 1 aromatic carbocycles. The maximum Gasteiger partial charge on any atom is 0.352 e. The van der Waals surface area contributed by atoms with Gasteiger partial charge in [0.2, 0.25) is 0 Å². The monoisotopic (exact) mass is 463 g/mol. The van der Waals surface area contributed by atoms with Gasteiger partial charge in [0.05, 0.1) is 4.92 Å². The van der Waals surface area contributed by atoms with Crippen molar-refractivity contribution >= 4 is 47.5 Å². The molecule has 32 heavy (non-hydrogen) atoms. The molecule has 12 nitrogen and oxygen atoms in total. The first kappa shape index (κ1) is 22.9. The SMILES string of the molecule is CC(=O)OCC1=C(C(=O)O)N2C(=O)C(N=Cc3ccc([N+](=O)[O-])cc3)(OC(C)=O)[C@H]2SC1. The Hall–Kier alpha value is -3.74. The number of fused-ring (bicyclic) bond motifs is 1. The lowest BCUT2D eigenvalue weighted by atomic mass is 9.98. The number of amides is 1. The summed E-state index contributed by atoms with van der Waals surface area (Å²) in [7, 11) is 0. The normalized spacial score (nSPS) is 22.2. The lowest BCUT2D eigenvalue weighted by Gasteiger charge is -2.53. The predicted octanol–water partition coefficient (Wildman–Crippen LogP) is 1.09. The van der Waals surface area contributed by atoms with Crippen LogP contribution in [-0.4, -0.2) is 68.4 Å². The average molecular weight is 463 g/mol. The number of hydrogen-bond donors (Lipinski definition) is 1. The van der Waals surface area contributed by atoms with Crippen LogP contribution >= 0.6 is 11.8 Å². The number of β-lactam (4-membered cyclic amide) rings is 1. The molecular weight excluding hydrogens is 446 g/mol. The molecule has 1 fully saturated rings. The summed E-state index contributed by atoms with van der Waals surface area (Å²) in [4.78, 5) is 63.0. The quantitative estimate of drug-likeness (QED) is 0.203. The Morgan fingerprint density at radius 3 is 2.50 bits per heavy atom. The lowest BCUT2D eigenvalue weighted by molar-refractivity contribution is -0.384. The Bertz CT molecular complexity index is 1070. The second kappa shape index (κ2) is 8.78. The highest BCUT2D eigenvalue weighted by molar-refractivity contribution is 8.00. The summed E-state index contributed by atoms with van der Waals surface area (Å²) in [6, 6.07) is 5.29. The first-order valence-corrected chi connectivity index (χ1v) is 10.1. The molecule has 0 aliphatic carbocycles. The molecule has 2 aliphatic rings. The molecule has 1 aromatic rings. The molecule has 3 rings (SSSR count). The molecule has 1 N–H and O–H groups in total. The highest BCUT2D eigenvalue weighted by Gasteiger charge is 2.68. The summed E-state index contributed by atoms with van der Waals surface area (Å²) < 4.78 is 10.1. The number of carboxylic acid groups (broad SMARTS) is 1. The number of nitrogens with zero attached hydrogens (tertiary/aromatic N) is 3. The number of aliphatic carboxylic acids is 1. The van der Waals surface area contributed by atoms with E-state index in [1.54, 1.807) is 0 Å². The summed E-state index contributed by atoms with van der Waals surface area (Å²) in [5.74, 6) is -3.58. The molecule has 0 saturated carbocycles. The first-order valence-electron chi connectivity index (χ1n) is 9.10. The van der Waals surface area contributed by atoms with E-state index in [4.69, 9.17) is 9.47 Å². The maximum absolute atomic E-state index is 13.0. The van der Waals surface area contributed by atoms with Gasteiger partial charge in [-0.15, -0.1) is 11.8 Å². The third kappa shape index (κ3) is 4.19. The van der Waals surface area contributed by atoms with Crippen LogP contribution in [0.5, 0.6) is 0 Å². The zero-order chi connectivity index (χ0) is 23.6. The number of esters is 2. The molecule has 2 heterocycles. The van der Waals surface area contributed by atoms with Crippen LogP contribution in [0.4, 0.5) is 5.69 Å². The number of carboxylic acids is 1. The van der Waals surface area contributed by atoms with E-state index in [1.165, 1.54) is 37.4 Å². The van der Waals surface area contributed by atoms with Crippen LogP contribution in [0.2, 0.25) is 0 Å². The van der Waals surface area contributed by atoms with Gasteiger partial charge in [-0.25, -0.2) is 9.79 Å². The van der Waals surface area contributed by atoms with Crippen molar-refractivity contribution in [3.63, 3.8) is 0 Å². The maximum atomic E-state index is 13.0. The smallest absolute Gasteiger partial charge is 0.352 e. The van der Waals surface area contributed by atoms with Crippen molar-refractivity contribution in [3.8, 4) is 0 Å². The van der Waals surface area contributed by atoms with E-state index in [-0.39, 0.29) is 29.3 Å². The first-order chi connectivity index (χ1) is 15.1. The number of rotatable bonds is 7. The summed E-state index contributed by atoms with van der Waals surface area (Å²) >= 11 is 1.10. The van der Waals surface area contributed by atoms with Gasteiger partial charge in [-0.05, 0) is 17.7 Å². The summed E-state index contributed by atoms with van der Waals surface area (Å²) in [6.45, 7) is 1.97. The van der Waals surface area contributed by atoms with E-state index in [0.717, 1.165) is 23.6 Å². The predicted molar refractivity (Wildman–Crippen MR) is 110 cm³/mol. The van der Waals surface area contributed by atoms with Crippen molar-refractivity contribution in [2.45, 2.75) is 24.9 Å². The second-order valence-corrected chi connectivity index (χ2v) is 7.84. The van der Waals surface area contributed by atoms with Crippen LogP contribution in [0.3, 0.4) is 0 Å². The van der Waals surface area contributed by atoms with Crippen LogP contribution in [0.1, 0.15) is 19.4 Å². The fraction of sp³-hybridized carbons (Fsp3) is 0.316. The second-order valence-electron chi connectivity index (χ2n) is 6.77. The van der Waals surface area contributed by atoms with Gasteiger partial charge in [0.25, 0.3) is 11.6 Å². The summed E-state index contributed by atoms with van der Waals surface area (Å²) in [5.41, 5.74) is -1.86. The minimum Gasteiger partial charge on any atom is -0.477 e. The van der Waals surface area contributed by atoms with Crippen LogP contribution < -0.4 is 0 Å². The zero-order valence-corrected chi connectivity index (χ0v) is 17.7. The molecule has 168 valence electrons. The standard InChI is InChI=1S/C19H17N3O9S/c1-10(23)30-8-13-9-32-18-19(31-11(2)24,17(27)21(18)15(13)16(25)26)20-7-12-3-5-14(6-4-12)22(28)29/h3-7,18H,8-9H2,1-2H3,(H,25,26)/t18-,19?/m1/s1. The zero-order valence-electron chi connectivity index (χ0n) is 16.8. The number of nitro groups is 1. The molecule has 2 atom stereocenters. The number of carbonyl (C=O) groups excluding carboxylic acids is 3. The molecule has 0 radical (unpaired) electrons. The number of benzene rings is 1. The Kier molecular flexibility index (Phi) is 6.30. The van der Waals surface area contributed by atoms with Crippen LogP contribution in [-0.2, 0) is 28.7 Å². The van der Waals surface area contributed by atoms with E-state index < -0.39 is 39.8 Å². The average Bonchev–Trinajstić information content (AvgIpc) is 2.73. The topological polar surface area (TPSA) is 166 Å². The number of aliphatic imine (C=N–C) groups is 1. The van der Waals surface area contributed by atoms with Gasteiger partial charge in [-0.3, -0.25) is 29.4 Å². The third-order valence-electron chi connectivity index (χ3n) is 4.55. The van der Waals surface area contributed by atoms with Crippen molar-refractivity contribution in [1.82, 2.24) is 4.90 Å². The molecule has 0 bridgehead atoms. The number of ether oxygens (including phenoxy) is 2. The number of nitro benzene ring substituents is 1. The third-order valence-corrected chi connectivity index (χ3v) is 5.91. The van der Waals surface area contributed by atoms with Crippen molar-refractivity contribution in [2.24, 2.45) is 4.99 Å². The van der Waals surface area contributed by atoms with Gasteiger partial charge in [-0.2, -0.15) is 0 Å². The number of carbonyl (C=O) groups is 4. The van der Waals surface area contributed by atoms with Gasteiger partial charge >= 0.3 is 23.6 Å². The van der Waals surface area contributed by atoms with E-state index in [9.17, 15) is 34.4 Å². The highest BCUT2D eigenvalue weighted by Crippen LogP contribution is 2.49. The Morgan fingerprint density at radius 2 is 1.97 bits per heavy atom. The van der Waals surface area contributed by atoms with E-state index >= 15 is 0 Å². The lowest BCUT2D eigenvalue weighted by Crippen LogP contribution is -2.74. The number of thioether (sulfide) groups is 1. The van der Waals surface area contributed by atoms with Crippen molar-refractivity contribution in [2.75, 3.05) is 12.4 Å². The van der Waals surface area contributed by atoms with Crippen LogP contribution in [0, 0.1) is 10.1 Å². The van der Waals surface area contributed by atoms with Gasteiger partial charge in [0.15, 0.2) is 5.37 Å². The number of non-ortho nitro benzene ring substituents is 1. The minimum absolute atomic E-state index is 0.0967. The van der Waals surface area contributed by atoms with Crippen molar-refractivity contribution < 1.29 is 38.7 Å². The summed E-state index contributed by atoms with van der Waals surface area (Å²) in [5, 5.41) is 19.5. The van der Waals surface area contributed by atoms with E-state index in [2.05, 4.69) is 4.99 Å². The molecular formula is C19H17N3O9S. The van der Waals surface area contributed by atoms with Gasteiger partial charge < -0.3 is 14.6 Å². The van der Waals surface area contributed by atoms with Gasteiger partial charge in [-0.1, -0.05) is 0 Å². The van der Waals surface area contributed by atoms with Gasteiger partial charge in [0, 0.05) is 43.5 Å². The fourth-order valence-electron chi connectivity index (χ4n) is 3.18. The van der Waals surface area contributed by atoms with Crippen molar-refractivity contribution in [3.05, 3.63) is 51.2 Å². The molecule has 0 aromatic heterocycles. The Morgan fingerprint density at radius 1 is 1.31 bits per heavy atom. The molecule has 1 amide bonds. The van der Waals surface area contributed by atoms with E-state index in [1.807, 2.05) is 0 Å². The van der Waals surface area contributed by atoms with Crippen LogP contribution in [0.25, 0.3) is 0 Å².